The lowest BCUT2D eigenvalue weighted by molar-refractivity contribution is 0.101. The van der Waals surface area contributed by atoms with Crippen molar-refractivity contribution in [3.05, 3.63) is 53.8 Å². The third kappa shape index (κ3) is 2.43. The number of imidazole rings is 1. The number of benzene rings is 2. The minimum atomic E-state index is -0.650. The summed E-state index contributed by atoms with van der Waals surface area (Å²) in [6.45, 7) is 0. The van der Waals surface area contributed by atoms with Gasteiger partial charge in [-0.05, 0) is 24.3 Å². The van der Waals surface area contributed by atoms with Gasteiger partial charge >= 0.3 is 0 Å². The van der Waals surface area contributed by atoms with E-state index < -0.39 is 11.7 Å². The Labute approximate surface area is 119 Å². The molecule has 1 amide bonds. The molecular formula is C15H12FN3O2. The van der Waals surface area contributed by atoms with E-state index in [1.54, 1.807) is 0 Å². The molecule has 0 saturated carbocycles. The number of carbonyl (C=O) groups excluding carboxylic acids is 1. The number of halogens is 1. The van der Waals surface area contributed by atoms with Crippen molar-refractivity contribution in [2.24, 2.45) is 0 Å². The van der Waals surface area contributed by atoms with Crippen LogP contribution in [0.2, 0.25) is 0 Å². The van der Waals surface area contributed by atoms with E-state index in [0.29, 0.717) is 5.52 Å². The van der Waals surface area contributed by atoms with Gasteiger partial charge in [0.2, 0.25) is 5.95 Å². The van der Waals surface area contributed by atoms with Gasteiger partial charge in [-0.1, -0.05) is 18.2 Å². The Morgan fingerprint density at radius 2 is 2.05 bits per heavy atom. The Bertz CT molecular complexity index is 781. The average Bonchev–Trinajstić information content (AvgIpc) is 2.88. The van der Waals surface area contributed by atoms with Crippen molar-refractivity contribution in [3.63, 3.8) is 0 Å². The summed E-state index contributed by atoms with van der Waals surface area (Å²) in [5.41, 5.74) is 1.35. The van der Waals surface area contributed by atoms with Crippen LogP contribution in [-0.2, 0) is 0 Å². The largest absolute Gasteiger partial charge is 0.496 e. The van der Waals surface area contributed by atoms with Crippen molar-refractivity contribution in [1.82, 2.24) is 9.97 Å². The lowest BCUT2D eigenvalue weighted by atomic mass is 10.1. The summed E-state index contributed by atoms with van der Waals surface area (Å²) < 4.78 is 18.8. The quantitative estimate of drug-likeness (QED) is 0.777. The highest BCUT2D eigenvalue weighted by Gasteiger charge is 2.18. The zero-order chi connectivity index (χ0) is 14.8. The van der Waals surface area contributed by atoms with Crippen molar-refractivity contribution < 1.29 is 13.9 Å². The SMILES string of the molecule is COc1cccc(F)c1C(=O)Nc1nc2ccccc2[nH]1. The number of hydrogen-bond acceptors (Lipinski definition) is 3. The van der Waals surface area contributed by atoms with Crippen LogP contribution in [0.5, 0.6) is 5.75 Å². The number of aromatic amines is 1. The third-order valence-corrected chi connectivity index (χ3v) is 3.04. The van der Waals surface area contributed by atoms with E-state index in [-0.39, 0.29) is 17.3 Å². The number of aromatic nitrogens is 2. The molecule has 0 aliphatic rings. The summed E-state index contributed by atoms with van der Waals surface area (Å²) >= 11 is 0. The number of ether oxygens (including phenoxy) is 1. The molecule has 1 heterocycles. The zero-order valence-electron chi connectivity index (χ0n) is 11.2. The molecule has 0 radical (unpaired) electrons. The van der Waals surface area contributed by atoms with E-state index in [9.17, 15) is 9.18 Å². The average molecular weight is 285 g/mol. The van der Waals surface area contributed by atoms with Crippen molar-refractivity contribution in [2.75, 3.05) is 12.4 Å². The summed E-state index contributed by atoms with van der Waals surface area (Å²) in [6.07, 6.45) is 0. The van der Waals surface area contributed by atoms with Crippen LogP contribution in [0.4, 0.5) is 10.3 Å². The molecule has 0 spiro atoms. The molecule has 3 rings (SSSR count). The number of methoxy groups -OCH3 is 1. The van der Waals surface area contributed by atoms with Crippen molar-refractivity contribution in [2.45, 2.75) is 0 Å². The van der Waals surface area contributed by atoms with Crippen LogP contribution in [0.3, 0.4) is 0 Å². The van der Waals surface area contributed by atoms with E-state index >= 15 is 0 Å². The number of rotatable bonds is 3. The van der Waals surface area contributed by atoms with Gasteiger partial charge in [0.05, 0.1) is 18.1 Å². The molecule has 0 saturated heterocycles. The summed E-state index contributed by atoms with van der Waals surface area (Å²) in [5, 5.41) is 2.54. The topological polar surface area (TPSA) is 67.0 Å². The molecule has 21 heavy (non-hydrogen) atoms. The maximum absolute atomic E-state index is 13.8. The Kier molecular flexibility index (Phi) is 3.27. The summed E-state index contributed by atoms with van der Waals surface area (Å²) in [5.74, 6) is -0.845. The minimum Gasteiger partial charge on any atom is -0.496 e. The Morgan fingerprint density at radius 1 is 1.24 bits per heavy atom. The molecule has 0 fully saturated rings. The van der Waals surface area contributed by atoms with Gasteiger partial charge in [-0.3, -0.25) is 10.1 Å². The lowest BCUT2D eigenvalue weighted by Crippen LogP contribution is -2.16. The highest BCUT2D eigenvalue weighted by molar-refractivity contribution is 6.06. The summed E-state index contributed by atoms with van der Waals surface area (Å²) in [4.78, 5) is 19.4. The van der Waals surface area contributed by atoms with Gasteiger partial charge in [0.1, 0.15) is 17.1 Å². The van der Waals surface area contributed by atoms with Crippen molar-refractivity contribution in [1.29, 1.82) is 0 Å². The Hall–Kier alpha value is -2.89. The second-order valence-corrected chi connectivity index (χ2v) is 4.37. The van der Waals surface area contributed by atoms with E-state index in [0.717, 1.165) is 5.52 Å². The first-order valence-electron chi connectivity index (χ1n) is 6.27. The number of para-hydroxylation sites is 2. The first-order valence-corrected chi connectivity index (χ1v) is 6.27. The first kappa shape index (κ1) is 13.1. The lowest BCUT2D eigenvalue weighted by Gasteiger charge is -2.08. The number of nitrogens with one attached hydrogen (secondary N) is 2. The molecule has 1 aromatic heterocycles. The minimum absolute atomic E-state index is 0.152. The molecule has 2 N–H and O–H groups in total. The number of anilines is 1. The Balaban J connectivity index is 1.93. The van der Waals surface area contributed by atoms with Crippen molar-refractivity contribution >= 4 is 22.9 Å². The molecule has 0 atom stereocenters. The van der Waals surface area contributed by atoms with E-state index in [1.165, 1.54) is 25.3 Å². The maximum Gasteiger partial charge on any atom is 0.264 e. The number of nitrogens with zero attached hydrogens (tertiary/aromatic N) is 1. The van der Waals surface area contributed by atoms with Crippen LogP contribution in [0, 0.1) is 5.82 Å². The second-order valence-electron chi connectivity index (χ2n) is 4.37. The Morgan fingerprint density at radius 3 is 2.81 bits per heavy atom. The fourth-order valence-electron chi connectivity index (χ4n) is 2.08. The van der Waals surface area contributed by atoms with Gasteiger partial charge in [-0.25, -0.2) is 9.37 Å². The number of H-pyrrole nitrogens is 1. The van der Waals surface area contributed by atoms with Crippen LogP contribution < -0.4 is 10.1 Å². The van der Waals surface area contributed by atoms with Gasteiger partial charge < -0.3 is 9.72 Å². The molecule has 0 bridgehead atoms. The third-order valence-electron chi connectivity index (χ3n) is 3.04. The molecular weight excluding hydrogens is 273 g/mol. The van der Waals surface area contributed by atoms with Crippen molar-refractivity contribution in [3.8, 4) is 5.75 Å². The summed E-state index contributed by atoms with van der Waals surface area (Å²) in [6, 6.07) is 11.5. The maximum atomic E-state index is 13.8. The fourth-order valence-corrected chi connectivity index (χ4v) is 2.08. The van der Waals surface area contributed by atoms with Gasteiger partial charge in [0.25, 0.3) is 5.91 Å². The number of amides is 1. The highest BCUT2D eigenvalue weighted by Crippen LogP contribution is 2.22. The standard InChI is InChI=1S/C15H12FN3O2/c1-21-12-8-4-5-9(16)13(12)14(20)19-15-17-10-6-2-3-7-11(10)18-15/h2-8H,1H3,(H2,17,18,19,20). The smallest absolute Gasteiger partial charge is 0.264 e. The van der Waals surface area contributed by atoms with Crippen LogP contribution in [0.15, 0.2) is 42.5 Å². The van der Waals surface area contributed by atoms with Crippen LogP contribution in [-0.4, -0.2) is 23.0 Å². The van der Waals surface area contributed by atoms with Crippen LogP contribution >= 0.6 is 0 Å². The van der Waals surface area contributed by atoms with Gasteiger partial charge in [-0.2, -0.15) is 0 Å². The molecule has 6 heteroatoms. The second kappa shape index (κ2) is 5.24. The van der Waals surface area contributed by atoms with Crippen LogP contribution in [0.1, 0.15) is 10.4 Å². The molecule has 5 nitrogen and oxygen atoms in total. The van der Waals surface area contributed by atoms with Gasteiger partial charge in [-0.15, -0.1) is 0 Å². The zero-order valence-corrected chi connectivity index (χ0v) is 11.2. The number of hydrogen-bond donors (Lipinski definition) is 2. The predicted octanol–water partition coefficient (Wildman–Crippen LogP) is 2.96. The van der Waals surface area contributed by atoms with Crippen LogP contribution in [0.25, 0.3) is 11.0 Å². The van der Waals surface area contributed by atoms with E-state index in [1.807, 2.05) is 24.3 Å². The molecule has 2 aromatic carbocycles. The number of fused-ring (bicyclic) bond motifs is 1. The molecule has 0 aliphatic carbocycles. The van der Waals surface area contributed by atoms with E-state index in [2.05, 4.69) is 15.3 Å². The summed E-state index contributed by atoms with van der Waals surface area (Å²) in [7, 11) is 1.38. The van der Waals surface area contributed by atoms with Gasteiger partial charge in [0, 0.05) is 0 Å². The van der Waals surface area contributed by atoms with E-state index in [4.69, 9.17) is 4.74 Å². The molecule has 0 aliphatic heterocycles. The molecule has 0 unspecified atom stereocenters. The number of carbonyl (C=O) groups is 1. The first-order chi connectivity index (χ1) is 10.2. The molecule has 3 aromatic rings. The monoisotopic (exact) mass is 285 g/mol. The molecule has 106 valence electrons. The normalized spacial score (nSPS) is 10.6. The fraction of sp³-hybridized carbons (Fsp3) is 0.0667. The predicted molar refractivity (Wildman–Crippen MR) is 77.0 cm³/mol. The highest BCUT2D eigenvalue weighted by atomic mass is 19.1. The van der Waals surface area contributed by atoms with Gasteiger partial charge in [0.15, 0.2) is 0 Å².